The minimum Gasteiger partial charge on any atom is -0.466 e. The number of aromatic nitrogens is 2. The maximum absolute atomic E-state index is 11.6. The molecule has 0 fully saturated rings. The third-order valence-corrected chi connectivity index (χ3v) is 2.20. The van der Waals surface area contributed by atoms with E-state index >= 15 is 0 Å². The molecule has 0 aliphatic heterocycles. The first-order valence-corrected chi connectivity index (χ1v) is 4.99. The maximum Gasteiger partial charge on any atom is 0.378 e. The van der Waals surface area contributed by atoms with Crippen LogP contribution in [0.5, 0.6) is 0 Å². The Morgan fingerprint density at radius 3 is 2.53 bits per heavy atom. The molecular weight excluding hydrogens is 258 g/mol. The fourth-order valence-electron chi connectivity index (χ4n) is 1.35. The molecule has 9 heteroatoms. The van der Waals surface area contributed by atoms with Crippen molar-refractivity contribution in [2.45, 2.75) is 6.92 Å². The number of imidazole rings is 1. The molecule has 0 saturated heterocycles. The molecule has 1 aromatic heterocycles. The van der Waals surface area contributed by atoms with Crippen molar-refractivity contribution >= 4 is 23.5 Å². The van der Waals surface area contributed by atoms with E-state index in [2.05, 4.69) is 14.5 Å². The van der Waals surface area contributed by atoms with Gasteiger partial charge in [0.1, 0.15) is 6.20 Å². The molecule has 0 amide bonds. The van der Waals surface area contributed by atoms with Crippen molar-refractivity contribution in [2.24, 2.45) is 0 Å². The summed E-state index contributed by atoms with van der Waals surface area (Å²) in [5, 5.41) is 10.9. The van der Waals surface area contributed by atoms with E-state index in [1.165, 1.54) is 6.92 Å². The summed E-state index contributed by atoms with van der Waals surface area (Å²) < 4.78 is 9.78. The summed E-state index contributed by atoms with van der Waals surface area (Å²) >= 11 is 0. The Hall–Kier alpha value is -2.71. The highest BCUT2D eigenvalue weighted by molar-refractivity contribution is 6.15. The summed E-state index contributed by atoms with van der Waals surface area (Å²) in [5.74, 6) is -2.07. The van der Waals surface area contributed by atoms with E-state index in [-0.39, 0.29) is 11.5 Å². The molecule has 0 aromatic carbocycles. The molecule has 0 aliphatic carbocycles. The summed E-state index contributed by atoms with van der Waals surface area (Å²) in [6.07, 6.45) is 1.77. The van der Waals surface area contributed by atoms with Gasteiger partial charge in [-0.2, -0.15) is 4.57 Å². The number of rotatable bonds is 4. The van der Waals surface area contributed by atoms with Crippen LogP contribution in [-0.4, -0.2) is 40.6 Å². The number of esters is 2. The van der Waals surface area contributed by atoms with E-state index in [1.54, 1.807) is 0 Å². The topological polar surface area (TPSA) is 114 Å². The fourth-order valence-corrected chi connectivity index (χ4v) is 1.35. The van der Waals surface area contributed by atoms with E-state index in [0.29, 0.717) is 0 Å². The van der Waals surface area contributed by atoms with Gasteiger partial charge in [-0.25, -0.2) is 14.6 Å². The molecule has 19 heavy (non-hydrogen) atoms. The number of hydrogen-bond donors (Lipinski definition) is 0. The quantitative estimate of drug-likeness (QED) is 0.334. The SMILES string of the molecule is COC(=O)/C=C(\C(=O)OC)n1c([N+](=O)[O-])cnc1C. The second kappa shape index (κ2) is 5.76. The zero-order valence-corrected chi connectivity index (χ0v) is 10.4. The van der Waals surface area contributed by atoms with Gasteiger partial charge in [-0.1, -0.05) is 0 Å². The van der Waals surface area contributed by atoms with Gasteiger partial charge in [0.2, 0.25) is 5.70 Å². The van der Waals surface area contributed by atoms with Crippen LogP contribution in [0.1, 0.15) is 5.82 Å². The third kappa shape index (κ3) is 2.94. The smallest absolute Gasteiger partial charge is 0.378 e. The molecule has 1 aromatic rings. The van der Waals surface area contributed by atoms with Gasteiger partial charge in [-0.3, -0.25) is 0 Å². The predicted molar refractivity (Wildman–Crippen MR) is 61.9 cm³/mol. The van der Waals surface area contributed by atoms with Crippen molar-refractivity contribution in [1.29, 1.82) is 0 Å². The molecule has 0 aliphatic rings. The summed E-state index contributed by atoms with van der Waals surface area (Å²) in [6, 6.07) is 0. The number of nitro groups is 1. The van der Waals surface area contributed by atoms with Gasteiger partial charge in [0.25, 0.3) is 0 Å². The van der Waals surface area contributed by atoms with E-state index in [1.807, 2.05) is 0 Å². The summed E-state index contributed by atoms with van der Waals surface area (Å²) in [4.78, 5) is 36.7. The number of nitrogens with zero attached hydrogens (tertiary/aromatic N) is 3. The Labute approximate surface area is 107 Å². The van der Waals surface area contributed by atoms with Gasteiger partial charge in [-0.15, -0.1) is 0 Å². The van der Waals surface area contributed by atoms with Crippen LogP contribution < -0.4 is 0 Å². The van der Waals surface area contributed by atoms with Crippen molar-refractivity contribution in [3.8, 4) is 0 Å². The van der Waals surface area contributed by atoms with Crippen LogP contribution in [0.4, 0.5) is 5.82 Å². The number of carbonyl (C=O) groups is 2. The number of methoxy groups -OCH3 is 2. The molecule has 9 nitrogen and oxygen atoms in total. The van der Waals surface area contributed by atoms with Crippen LogP contribution in [0, 0.1) is 17.0 Å². The zero-order valence-electron chi connectivity index (χ0n) is 10.4. The van der Waals surface area contributed by atoms with E-state index < -0.39 is 22.7 Å². The van der Waals surface area contributed by atoms with Gasteiger partial charge in [-0.05, 0) is 4.92 Å². The molecule has 0 atom stereocenters. The van der Waals surface area contributed by atoms with Crippen molar-refractivity contribution in [3.63, 3.8) is 0 Å². The van der Waals surface area contributed by atoms with Crippen molar-refractivity contribution in [1.82, 2.24) is 9.55 Å². The van der Waals surface area contributed by atoms with Gasteiger partial charge < -0.3 is 19.6 Å². The van der Waals surface area contributed by atoms with Gasteiger partial charge in [0.15, 0.2) is 5.82 Å². The molecule has 0 spiro atoms. The summed E-state index contributed by atoms with van der Waals surface area (Å²) in [5.41, 5.74) is -0.351. The van der Waals surface area contributed by atoms with Crippen LogP contribution in [0.2, 0.25) is 0 Å². The zero-order chi connectivity index (χ0) is 14.6. The molecule has 1 heterocycles. The second-order valence-electron chi connectivity index (χ2n) is 3.30. The molecule has 102 valence electrons. The normalized spacial score (nSPS) is 11.0. The van der Waals surface area contributed by atoms with Crippen LogP contribution in [0.15, 0.2) is 12.3 Å². The first-order chi connectivity index (χ1) is 8.92. The highest BCUT2D eigenvalue weighted by Crippen LogP contribution is 2.20. The molecule has 0 saturated carbocycles. The Morgan fingerprint density at radius 2 is 2.05 bits per heavy atom. The predicted octanol–water partition coefficient (Wildman–Crippen LogP) is 0.287. The van der Waals surface area contributed by atoms with E-state index in [0.717, 1.165) is 31.1 Å². The van der Waals surface area contributed by atoms with Crippen molar-refractivity contribution < 1.29 is 24.0 Å². The standard InChI is InChI=1S/C10H11N3O6/c1-6-11-5-8(13(16)17)12(6)7(10(15)19-3)4-9(14)18-2/h4-5H,1-3H3/b7-4+. The summed E-state index contributed by atoms with van der Waals surface area (Å²) in [7, 11) is 2.20. The number of ether oxygens (including phenoxy) is 2. The number of aryl methyl sites for hydroxylation is 1. The average molecular weight is 269 g/mol. The molecule has 0 bridgehead atoms. The second-order valence-corrected chi connectivity index (χ2v) is 3.30. The highest BCUT2D eigenvalue weighted by Gasteiger charge is 2.28. The van der Waals surface area contributed by atoms with Crippen molar-refractivity contribution in [2.75, 3.05) is 14.2 Å². The van der Waals surface area contributed by atoms with Crippen LogP contribution >= 0.6 is 0 Å². The maximum atomic E-state index is 11.6. The van der Waals surface area contributed by atoms with E-state index in [4.69, 9.17) is 0 Å². The van der Waals surface area contributed by atoms with Gasteiger partial charge >= 0.3 is 17.8 Å². The Balaban J connectivity index is 3.46. The molecule has 0 N–H and O–H groups in total. The lowest BCUT2D eigenvalue weighted by Crippen LogP contribution is -2.15. The van der Waals surface area contributed by atoms with Crippen LogP contribution in [0.25, 0.3) is 5.70 Å². The highest BCUT2D eigenvalue weighted by atomic mass is 16.6. The average Bonchev–Trinajstić information content (AvgIpc) is 2.76. The van der Waals surface area contributed by atoms with E-state index in [9.17, 15) is 19.7 Å². The fraction of sp³-hybridized carbons (Fsp3) is 0.300. The Kier molecular flexibility index (Phi) is 4.35. The Morgan fingerprint density at radius 1 is 1.42 bits per heavy atom. The summed E-state index contributed by atoms with van der Waals surface area (Å²) in [6.45, 7) is 1.45. The van der Waals surface area contributed by atoms with Gasteiger partial charge in [0, 0.05) is 6.92 Å². The molecule has 1 rings (SSSR count). The monoisotopic (exact) mass is 269 g/mol. The molecular formula is C10H11N3O6. The number of carbonyl (C=O) groups excluding carboxylic acids is 2. The first-order valence-electron chi connectivity index (χ1n) is 4.99. The lowest BCUT2D eigenvalue weighted by Gasteiger charge is -2.05. The minimum absolute atomic E-state index is 0.159. The molecule has 0 radical (unpaired) electrons. The third-order valence-electron chi connectivity index (χ3n) is 2.20. The Bertz CT molecular complexity index is 560. The largest absolute Gasteiger partial charge is 0.466 e. The van der Waals surface area contributed by atoms with Gasteiger partial charge in [0.05, 0.1) is 20.3 Å². The molecule has 0 unspecified atom stereocenters. The first kappa shape index (κ1) is 14.4. The number of hydrogen-bond acceptors (Lipinski definition) is 7. The van der Waals surface area contributed by atoms with Crippen molar-refractivity contribution in [3.05, 3.63) is 28.2 Å². The van der Waals surface area contributed by atoms with Crippen LogP contribution in [0.3, 0.4) is 0 Å². The van der Waals surface area contributed by atoms with Crippen LogP contribution in [-0.2, 0) is 19.1 Å². The minimum atomic E-state index is -0.922. The lowest BCUT2D eigenvalue weighted by molar-refractivity contribution is -0.390. The lowest BCUT2D eigenvalue weighted by atomic mass is 10.3.